The van der Waals surface area contributed by atoms with Crippen LogP contribution in [0.1, 0.15) is 33.4 Å². The van der Waals surface area contributed by atoms with Crippen molar-refractivity contribution in [2.24, 2.45) is 0 Å². The fourth-order valence-corrected chi connectivity index (χ4v) is 13.3. The number of pyridine rings is 1. The Balaban J connectivity index is 1.26. The maximum Gasteiger partial charge on any atom is 0.165 e. The molecule has 0 radical (unpaired) electrons. The lowest BCUT2D eigenvalue weighted by Gasteiger charge is -2.27. The second-order valence-corrected chi connectivity index (χ2v) is 21.8. The van der Waals surface area contributed by atoms with Gasteiger partial charge in [-0.15, -0.1) is 0 Å². The van der Waals surface area contributed by atoms with E-state index in [0.717, 1.165) is 93.0 Å². The number of hydrogen-bond acceptors (Lipinski definition) is 7. The molecule has 11 nitrogen and oxygen atoms in total. The molecule has 11 heteroatoms. The molecular formula is C77H39N11. The van der Waals surface area contributed by atoms with E-state index in [1.54, 1.807) is 12.1 Å². The smallest absolute Gasteiger partial charge is 0.165 e. The van der Waals surface area contributed by atoms with E-state index in [2.05, 4.69) is 121 Å². The zero-order chi connectivity index (χ0) is 59.3. The zero-order valence-corrected chi connectivity index (χ0v) is 46.4. The molecule has 0 atom stereocenters. The van der Waals surface area contributed by atoms with Crippen LogP contribution in [0.5, 0.6) is 0 Å². The number of nitrogens with zero attached hydrogens (tertiary/aromatic N) is 11. The first-order chi connectivity index (χ1) is 43.4. The van der Waals surface area contributed by atoms with E-state index in [-0.39, 0.29) is 0 Å². The molecule has 0 bridgehead atoms. The predicted molar refractivity (Wildman–Crippen MR) is 346 cm³/mol. The molecule has 5 heterocycles. The van der Waals surface area contributed by atoms with Gasteiger partial charge in [0.15, 0.2) is 11.6 Å². The fourth-order valence-electron chi connectivity index (χ4n) is 13.3. The second kappa shape index (κ2) is 19.7. The highest BCUT2D eigenvalue weighted by molar-refractivity contribution is 6.16. The normalized spacial score (nSPS) is 11.3. The van der Waals surface area contributed by atoms with Crippen LogP contribution in [0, 0.1) is 68.0 Å². The summed E-state index contributed by atoms with van der Waals surface area (Å²) in [6.45, 7) is 0. The second-order valence-electron chi connectivity index (χ2n) is 21.8. The van der Waals surface area contributed by atoms with Gasteiger partial charge in [-0.1, -0.05) is 97.1 Å². The molecule has 88 heavy (non-hydrogen) atoms. The van der Waals surface area contributed by atoms with Crippen molar-refractivity contribution >= 4 is 87.2 Å². The van der Waals surface area contributed by atoms with Gasteiger partial charge in [-0.2, -0.15) is 31.6 Å². The van der Waals surface area contributed by atoms with Crippen LogP contribution >= 0.6 is 0 Å². The lowest BCUT2D eigenvalue weighted by atomic mass is 9.91. The Bertz CT molecular complexity index is 5690. The summed E-state index contributed by atoms with van der Waals surface area (Å²) in [4.78, 5) is 6.31. The molecule has 0 N–H and O–H groups in total. The van der Waals surface area contributed by atoms with E-state index in [9.17, 15) is 31.6 Å². The number of rotatable bonds is 7. The first-order valence-electron chi connectivity index (χ1n) is 28.4. The number of fused-ring (bicyclic) bond motifs is 12. The summed E-state index contributed by atoms with van der Waals surface area (Å²) in [5.74, 6) is 0.977. The zero-order valence-electron chi connectivity index (χ0n) is 46.4. The lowest BCUT2D eigenvalue weighted by Crippen LogP contribution is -2.16. The van der Waals surface area contributed by atoms with Crippen molar-refractivity contribution in [3.8, 4) is 92.8 Å². The van der Waals surface area contributed by atoms with E-state index >= 15 is 0 Å². The molecule has 0 aliphatic heterocycles. The summed E-state index contributed by atoms with van der Waals surface area (Å²) in [5, 5.41) is 69.9. The van der Waals surface area contributed by atoms with Crippen LogP contribution < -0.4 is 0 Å². The van der Waals surface area contributed by atoms with Gasteiger partial charge in [-0.25, -0.2) is 4.98 Å². The maximum atomic E-state index is 10.6. The number of benzene rings is 11. The number of para-hydroxylation sites is 2. The quantitative estimate of drug-likeness (QED) is 0.153. The molecule has 11 aromatic carbocycles. The van der Waals surface area contributed by atoms with Gasteiger partial charge in [-0.3, -0.25) is 9.13 Å². The highest BCUT2D eigenvalue weighted by atomic mass is 15.2. The summed E-state index contributed by atoms with van der Waals surface area (Å²) in [6.07, 6.45) is 0. The first kappa shape index (κ1) is 50.4. The van der Waals surface area contributed by atoms with Crippen molar-refractivity contribution in [2.75, 3.05) is 0 Å². The van der Waals surface area contributed by atoms with Crippen LogP contribution in [-0.4, -0.2) is 23.3 Å². The minimum absolute atomic E-state index is 0.431. The van der Waals surface area contributed by atoms with Crippen LogP contribution in [0.2, 0.25) is 0 Å². The molecule has 0 saturated heterocycles. The molecule has 0 aliphatic carbocycles. The molecule has 0 unspecified atom stereocenters. The number of nitriles is 6. The molecule has 0 spiro atoms. The van der Waals surface area contributed by atoms with Crippen molar-refractivity contribution in [3.63, 3.8) is 0 Å². The third-order valence-electron chi connectivity index (χ3n) is 17.1. The van der Waals surface area contributed by atoms with E-state index < -0.39 is 0 Å². The van der Waals surface area contributed by atoms with Crippen molar-refractivity contribution in [1.29, 1.82) is 31.6 Å². The standard InChI is InChI=1S/C77H39N11/c78-40-46-19-25-67-59(31-46)60-32-47(41-79)20-26-68(60)85(67)74-73(56-38-54(52-11-3-1-4-12-52)37-55(39-56)53-13-5-2-6-14-53)75(86-69-27-21-48(42-80)33-61(69)62-34-49(43-81)22-28-70(62)86)77(84-76(74)87-65-17-9-7-15-57(65)58-16-8-10-18-66(58)87)88-71-29-23-50(44-82)35-63(71)64-36-51(45-83)24-30-72(64)88/h1-39H. The Morgan fingerprint density at radius 2 is 0.489 bits per heavy atom. The minimum atomic E-state index is 0.431. The van der Waals surface area contributed by atoms with Crippen molar-refractivity contribution in [1.82, 2.24) is 23.3 Å². The van der Waals surface area contributed by atoms with Gasteiger partial charge < -0.3 is 9.13 Å². The average Bonchev–Trinajstić information content (AvgIpc) is 1.49. The van der Waals surface area contributed by atoms with Gasteiger partial charge in [0.2, 0.25) is 0 Å². The van der Waals surface area contributed by atoms with Crippen LogP contribution in [0.25, 0.3) is 144 Å². The molecule has 0 amide bonds. The van der Waals surface area contributed by atoms with Gasteiger partial charge in [0.1, 0.15) is 11.4 Å². The average molecular weight is 1120 g/mol. The van der Waals surface area contributed by atoms with E-state index in [0.29, 0.717) is 84.0 Å². The monoisotopic (exact) mass is 1120 g/mol. The number of hydrogen-bond donors (Lipinski definition) is 0. The summed E-state index contributed by atoms with van der Waals surface area (Å²) in [5.41, 5.74) is 15.2. The Morgan fingerprint density at radius 1 is 0.227 bits per heavy atom. The van der Waals surface area contributed by atoms with Crippen LogP contribution in [0.3, 0.4) is 0 Å². The maximum absolute atomic E-state index is 10.6. The Kier molecular flexibility index (Phi) is 11.3. The first-order valence-corrected chi connectivity index (χ1v) is 28.4. The highest BCUT2D eigenvalue weighted by Gasteiger charge is 2.33. The lowest BCUT2D eigenvalue weighted by molar-refractivity contribution is 0.961. The van der Waals surface area contributed by atoms with Crippen molar-refractivity contribution in [3.05, 3.63) is 270 Å². The van der Waals surface area contributed by atoms with Crippen LogP contribution in [0.15, 0.2) is 237 Å². The van der Waals surface area contributed by atoms with Crippen LogP contribution in [0.4, 0.5) is 0 Å². The topological polar surface area (TPSA) is 175 Å². The third-order valence-corrected chi connectivity index (χ3v) is 17.1. The van der Waals surface area contributed by atoms with E-state index in [1.807, 2.05) is 158 Å². The van der Waals surface area contributed by atoms with E-state index in [1.165, 1.54) is 0 Å². The summed E-state index contributed by atoms with van der Waals surface area (Å²) < 4.78 is 8.82. The molecular weight excluding hydrogens is 1080 g/mol. The van der Waals surface area contributed by atoms with Gasteiger partial charge in [-0.05, 0) is 167 Å². The Labute approximate surface area is 502 Å². The van der Waals surface area contributed by atoms with Gasteiger partial charge in [0.25, 0.3) is 0 Å². The molecule has 0 fully saturated rings. The third kappa shape index (κ3) is 7.54. The van der Waals surface area contributed by atoms with Gasteiger partial charge in [0.05, 0.1) is 114 Å². The summed E-state index contributed by atoms with van der Waals surface area (Å²) in [7, 11) is 0. The van der Waals surface area contributed by atoms with Crippen molar-refractivity contribution < 1.29 is 0 Å². The Hall–Kier alpha value is -13.3. The largest absolute Gasteiger partial charge is 0.305 e. The SMILES string of the molecule is N#Cc1ccc2c(c1)c1cc(C#N)ccc1n2-c1nc(-n2c3ccccc3c3ccccc32)c(-n2c3ccc(C#N)cc3c3cc(C#N)ccc32)c(-c2cc(-c3ccccc3)cc(-c3ccccc3)c2)c1-n1c2ccc(C#N)cc2c2cc(C#N)ccc21. The molecule has 0 saturated carbocycles. The molecule has 5 aromatic heterocycles. The van der Waals surface area contributed by atoms with E-state index in [4.69, 9.17) is 4.98 Å². The minimum Gasteiger partial charge on any atom is -0.305 e. The van der Waals surface area contributed by atoms with Gasteiger partial charge in [0, 0.05) is 48.7 Å². The predicted octanol–water partition coefficient (Wildman–Crippen LogP) is 17.7. The summed E-state index contributed by atoms with van der Waals surface area (Å²) in [6, 6.07) is 92.1. The van der Waals surface area contributed by atoms with Crippen molar-refractivity contribution in [2.45, 2.75) is 0 Å². The molecule has 402 valence electrons. The van der Waals surface area contributed by atoms with Gasteiger partial charge >= 0.3 is 0 Å². The molecule has 16 rings (SSSR count). The number of aromatic nitrogens is 5. The summed E-state index contributed by atoms with van der Waals surface area (Å²) >= 11 is 0. The molecule has 16 aromatic rings. The molecule has 0 aliphatic rings. The highest BCUT2D eigenvalue weighted by Crippen LogP contribution is 2.50. The van der Waals surface area contributed by atoms with Crippen LogP contribution in [-0.2, 0) is 0 Å². The fraction of sp³-hybridized carbons (Fsp3) is 0. The Morgan fingerprint density at radius 3 is 0.795 bits per heavy atom.